The molecule has 19 heavy (non-hydrogen) atoms. The zero-order valence-corrected chi connectivity index (χ0v) is 11.2. The van der Waals surface area contributed by atoms with E-state index in [0.29, 0.717) is 16.7 Å². The normalized spacial score (nSPS) is 14.4. The van der Waals surface area contributed by atoms with Gasteiger partial charge in [-0.05, 0) is 12.1 Å². The van der Waals surface area contributed by atoms with Crippen molar-refractivity contribution in [2.45, 2.75) is 0 Å². The largest absolute Gasteiger partial charge is 0.374 e. The van der Waals surface area contributed by atoms with Crippen molar-refractivity contribution >= 4 is 33.8 Å². The number of benzene rings is 1. The first kappa shape index (κ1) is 11.9. The summed E-state index contributed by atoms with van der Waals surface area (Å²) in [6.07, 6.45) is 0. The zero-order valence-electron chi connectivity index (χ0n) is 10.4. The molecule has 0 saturated carbocycles. The molecule has 1 aliphatic heterocycles. The van der Waals surface area contributed by atoms with Crippen LogP contribution in [0.25, 0.3) is 0 Å². The zero-order chi connectivity index (χ0) is 13.4. The van der Waals surface area contributed by atoms with Gasteiger partial charge in [-0.1, -0.05) is 23.5 Å². The number of carbonyl (C=O) groups is 1. The summed E-state index contributed by atoms with van der Waals surface area (Å²) in [5, 5.41) is 8.15. The van der Waals surface area contributed by atoms with Gasteiger partial charge in [-0.25, -0.2) is 0 Å². The highest BCUT2D eigenvalue weighted by molar-refractivity contribution is 7.17. The van der Waals surface area contributed by atoms with Crippen LogP contribution in [0.1, 0.15) is 9.80 Å². The molecule has 0 saturated heterocycles. The quantitative estimate of drug-likeness (QED) is 0.847. The number of aromatic nitrogens is 2. The Labute approximate surface area is 114 Å². The Hall–Kier alpha value is -2.15. The molecule has 1 amide bonds. The van der Waals surface area contributed by atoms with Gasteiger partial charge in [0, 0.05) is 20.1 Å². The van der Waals surface area contributed by atoms with Gasteiger partial charge >= 0.3 is 0 Å². The summed E-state index contributed by atoms with van der Waals surface area (Å²) in [4.78, 5) is 16.3. The van der Waals surface area contributed by atoms with Gasteiger partial charge in [0.15, 0.2) is 0 Å². The molecule has 1 aromatic carbocycles. The topological polar surface area (TPSA) is 75.3 Å². The van der Waals surface area contributed by atoms with E-state index in [1.807, 2.05) is 31.3 Å². The fourth-order valence-corrected chi connectivity index (χ4v) is 2.71. The van der Waals surface area contributed by atoms with Crippen LogP contribution in [-0.4, -0.2) is 36.2 Å². The van der Waals surface area contributed by atoms with Crippen LogP contribution in [0.4, 0.5) is 16.5 Å². The molecule has 0 unspecified atom stereocenters. The first-order valence-electron chi connectivity index (χ1n) is 5.88. The van der Waals surface area contributed by atoms with Crippen molar-refractivity contribution in [3.8, 4) is 0 Å². The number of hydrogen-bond donors (Lipinski definition) is 1. The van der Waals surface area contributed by atoms with Crippen LogP contribution in [0.5, 0.6) is 0 Å². The minimum atomic E-state index is -0.144. The van der Waals surface area contributed by atoms with E-state index < -0.39 is 0 Å². The van der Waals surface area contributed by atoms with Crippen molar-refractivity contribution in [2.75, 3.05) is 35.7 Å². The van der Waals surface area contributed by atoms with E-state index in [2.05, 4.69) is 15.1 Å². The van der Waals surface area contributed by atoms with Crippen molar-refractivity contribution < 1.29 is 4.79 Å². The molecule has 3 rings (SSSR count). The predicted octanol–water partition coefficient (Wildman–Crippen LogP) is 1.22. The molecule has 0 fully saturated rings. The molecule has 7 heteroatoms. The maximum absolute atomic E-state index is 12.4. The molecule has 98 valence electrons. The summed E-state index contributed by atoms with van der Waals surface area (Å²) in [6, 6.07) is 7.83. The second-order valence-electron chi connectivity index (χ2n) is 4.31. The van der Waals surface area contributed by atoms with E-state index in [4.69, 9.17) is 5.73 Å². The van der Waals surface area contributed by atoms with Crippen LogP contribution < -0.4 is 15.5 Å². The minimum absolute atomic E-state index is 0.144. The summed E-state index contributed by atoms with van der Waals surface area (Å²) < 4.78 is 0. The number of nitrogens with zero attached hydrogens (tertiary/aromatic N) is 4. The Bertz CT molecular complexity index is 626. The van der Waals surface area contributed by atoms with Gasteiger partial charge in [0.25, 0.3) is 5.91 Å². The van der Waals surface area contributed by atoms with Gasteiger partial charge in [0.2, 0.25) is 10.1 Å². The number of nitrogen functional groups attached to an aromatic ring is 1. The SMILES string of the molecule is CN1CCN(C(=O)c2nnc(N)s2)c2ccccc21. The van der Waals surface area contributed by atoms with Gasteiger partial charge in [0.05, 0.1) is 11.4 Å². The first-order chi connectivity index (χ1) is 9.16. The average Bonchev–Trinajstić information content (AvgIpc) is 2.86. The molecule has 0 atom stereocenters. The lowest BCUT2D eigenvalue weighted by Gasteiger charge is -2.35. The second kappa shape index (κ2) is 4.51. The Morgan fingerprint density at radius 3 is 2.68 bits per heavy atom. The lowest BCUT2D eigenvalue weighted by atomic mass is 10.1. The number of likely N-dealkylation sites (N-methyl/N-ethyl adjacent to an activating group) is 1. The molecular formula is C12H13N5OS. The van der Waals surface area contributed by atoms with Gasteiger partial charge < -0.3 is 15.5 Å². The molecular weight excluding hydrogens is 262 g/mol. The standard InChI is InChI=1S/C12H13N5OS/c1-16-6-7-17(9-5-3-2-4-8(9)16)11(18)10-14-15-12(13)19-10/h2-5H,6-7H2,1H3,(H2,13,15). The third kappa shape index (κ3) is 2.01. The van der Waals surface area contributed by atoms with Gasteiger partial charge in [-0.15, -0.1) is 10.2 Å². The van der Waals surface area contributed by atoms with Crippen LogP contribution in [0.3, 0.4) is 0 Å². The Morgan fingerprint density at radius 1 is 1.26 bits per heavy atom. The van der Waals surface area contributed by atoms with Gasteiger partial charge in [-0.3, -0.25) is 4.79 Å². The second-order valence-corrected chi connectivity index (χ2v) is 5.32. The summed E-state index contributed by atoms with van der Waals surface area (Å²) in [5.41, 5.74) is 7.47. The number of nitrogens with two attached hydrogens (primary N) is 1. The van der Waals surface area contributed by atoms with E-state index in [1.54, 1.807) is 4.90 Å². The van der Waals surface area contributed by atoms with E-state index in [0.717, 1.165) is 29.3 Å². The third-order valence-electron chi connectivity index (χ3n) is 3.11. The monoisotopic (exact) mass is 275 g/mol. The summed E-state index contributed by atoms with van der Waals surface area (Å²) >= 11 is 1.12. The fraction of sp³-hybridized carbons (Fsp3) is 0.250. The summed E-state index contributed by atoms with van der Waals surface area (Å²) in [7, 11) is 2.02. The smallest absolute Gasteiger partial charge is 0.289 e. The number of amides is 1. The number of anilines is 3. The minimum Gasteiger partial charge on any atom is -0.374 e. The maximum Gasteiger partial charge on any atom is 0.289 e. The van der Waals surface area contributed by atoms with Crippen LogP contribution in [0.15, 0.2) is 24.3 Å². The van der Waals surface area contributed by atoms with E-state index in [1.165, 1.54) is 0 Å². The number of carbonyl (C=O) groups excluding carboxylic acids is 1. The Kier molecular flexibility index (Phi) is 2.83. The molecule has 2 N–H and O–H groups in total. The highest BCUT2D eigenvalue weighted by Crippen LogP contribution is 2.33. The molecule has 0 radical (unpaired) electrons. The van der Waals surface area contributed by atoms with Crippen molar-refractivity contribution in [1.29, 1.82) is 0 Å². The highest BCUT2D eigenvalue weighted by atomic mass is 32.1. The Morgan fingerprint density at radius 2 is 2.00 bits per heavy atom. The molecule has 2 heterocycles. The Balaban J connectivity index is 1.98. The lowest BCUT2D eigenvalue weighted by molar-refractivity contribution is 0.0985. The van der Waals surface area contributed by atoms with Crippen LogP contribution in [-0.2, 0) is 0 Å². The molecule has 0 spiro atoms. The average molecular weight is 275 g/mol. The van der Waals surface area contributed by atoms with Gasteiger partial charge in [-0.2, -0.15) is 0 Å². The van der Waals surface area contributed by atoms with Crippen LogP contribution in [0.2, 0.25) is 0 Å². The molecule has 6 nitrogen and oxygen atoms in total. The predicted molar refractivity (Wildman–Crippen MR) is 75.7 cm³/mol. The summed E-state index contributed by atoms with van der Waals surface area (Å²) in [5.74, 6) is -0.144. The maximum atomic E-state index is 12.4. The first-order valence-corrected chi connectivity index (χ1v) is 6.69. The molecule has 1 aromatic heterocycles. The van der Waals surface area contributed by atoms with E-state index in [9.17, 15) is 4.79 Å². The molecule has 1 aliphatic rings. The van der Waals surface area contributed by atoms with Crippen LogP contribution in [0, 0.1) is 0 Å². The summed E-state index contributed by atoms with van der Waals surface area (Å²) in [6.45, 7) is 1.42. The number of hydrogen-bond acceptors (Lipinski definition) is 6. The van der Waals surface area contributed by atoms with Crippen LogP contribution >= 0.6 is 11.3 Å². The van der Waals surface area contributed by atoms with Crippen molar-refractivity contribution in [3.63, 3.8) is 0 Å². The molecule has 0 bridgehead atoms. The van der Waals surface area contributed by atoms with Crippen molar-refractivity contribution in [1.82, 2.24) is 10.2 Å². The third-order valence-corrected chi connectivity index (χ3v) is 3.85. The number of para-hydroxylation sites is 2. The van der Waals surface area contributed by atoms with Crippen molar-refractivity contribution in [3.05, 3.63) is 29.3 Å². The number of rotatable bonds is 1. The molecule has 0 aliphatic carbocycles. The highest BCUT2D eigenvalue weighted by Gasteiger charge is 2.27. The number of fused-ring (bicyclic) bond motifs is 1. The van der Waals surface area contributed by atoms with Gasteiger partial charge in [0.1, 0.15) is 0 Å². The fourth-order valence-electron chi connectivity index (χ4n) is 2.15. The van der Waals surface area contributed by atoms with E-state index in [-0.39, 0.29) is 5.91 Å². The van der Waals surface area contributed by atoms with Crippen molar-refractivity contribution in [2.24, 2.45) is 0 Å². The molecule has 2 aromatic rings. The lowest BCUT2D eigenvalue weighted by Crippen LogP contribution is -2.42. The van der Waals surface area contributed by atoms with E-state index >= 15 is 0 Å².